The predicted molar refractivity (Wildman–Crippen MR) is 108 cm³/mol. The Morgan fingerprint density at radius 3 is 2.68 bits per heavy atom. The molecule has 132 valence electrons. The van der Waals surface area contributed by atoms with Gasteiger partial charge < -0.3 is 14.7 Å². The van der Waals surface area contributed by atoms with E-state index in [1.807, 2.05) is 0 Å². The molecule has 4 rings (SSSR count). The number of hydrogen-bond donors (Lipinski definition) is 0. The van der Waals surface area contributed by atoms with Crippen LogP contribution in [0.25, 0.3) is 0 Å². The van der Waals surface area contributed by atoms with E-state index >= 15 is 0 Å². The molecule has 2 aromatic carbocycles. The molecule has 0 aliphatic carbocycles. The molecule has 2 aromatic rings. The largest absolute Gasteiger partial charge is 0.340 e. The van der Waals surface area contributed by atoms with Gasteiger partial charge in [0.1, 0.15) is 0 Å². The first-order chi connectivity index (χ1) is 20.4. The summed E-state index contributed by atoms with van der Waals surface area (Å²) in [6.07, 6.45) is -4.32. The van der Waals surface area contributed by atoms with E-state index < -0.39 is 119 Å². The Morgan fingerprint density at radius 2 is 1.84 bits per heavy atom. The highest BCUT2D eigenvalue weighted by atomic mass is 35.5. The summed E-state index contributed by atoms with van der Waals surface area (Å²) in [5, 5.41) is -0.758. The molecule has 3 nitrogen and oxygen atoms in total. The van der Waals surface area contributed by atoms with Crippen molar-refractivity contribution in [2.75, 3.05) is 50.9 Å². The van der Waals surface area contributed by atoms with Gasteiger partial charge in [-0.25, -0.2) is 0 Å². The average Bonchev–Trinajstić information content (AvgIpc) is 2.93. The summed E-state index contributed by atoms with van der Waals surface area (Å²) in [6.45, 7) is -23.4. The predicted octanol–water partition coefficient (Wildman–Crippen LogP) is 4.58. The van der Waals surface area contributed by atoms with Crippen molar-refractivity contribution in [2.24, 2.45) is 0 Å². The molecule has 2 aliphatic rings. The van der Waals surface area contributed by atoms with Gasteiger partial charge in [0.15, 0.2) is 0 Å². The number of likely N-dealkylation sites (N-methyl/N-ethyl adjacent to an activating group) is 1. The van der Waals surface area contributed by atoms with Crippen LogP contribution in [0, 0.1) is 0 Å². The van der Waals surface area contributed by atoms with E-state index in [2.05, 4.69) is 0 Å². The SMILES string of the molecule is [2H]c1c([2H])c([2H])c2c(c1[2H])Sc1c([2H])c([2H])c(Cl)c([2H])c1N2C([2H])([2H])C([2H])([2H])C([2H])([2H])N1C([2H])([2H])C([2H])([2H])N(C)C([2H])([2H])C1([2H])[2H]. The van der Waals surface area contributed by atoms with E-state index in [1.54, 1.807) is 0 Å². The van der Waals surface area contributed by atoms with Crippen molar-refractivity contribution in [1.82, 2.24) is 9.80 Å². The number of para-hydroxylation sites is 1. The van der Waals surface area contributed by atoms with Crippen molar-refractivity contribution in [3.8, 4) is 0 Å². The molecular formula is C20H24ClN3S. The minimum Gasteiger partial charge on any atom is -0.340 e. The molecule has 0 aromatic heterocycles. The van der Waals surface area contributed by atoms with Crippen LogP contribution in [0.5, 0.6) is 0 Å². The maximum Gasteiger partial charge on any atom is 0.0661 e. The molecule has 2 heterocycles. The topological polar surface area (TPSA) is 9.72 Å². The minimum absolute atomic E-state index is 0.0179. The normalized spacial score (nSPS) is 40.1. The van der Waals surface area contributed by atoms with E-state index in [0.29, 0.717) is 18.8 Å². The van der Waals surface area contributed by atoms with Crippen LogP contribution in [0.15, 0.2) is 52.1 Å². The third-order valence-electron chi connectivity index (χ3n) is 3.01. The lowest BCUT2D eigenvalue weighted by Gasteiger charge is -2.35. The lowest BCUT2D eigenvalue weighted by Crippen LogP contribution is -2.45. The first-order valence-electron chi connectivity index (χ1n) is 17.3. The van der Waals surface area contributed by atoms with E-state index in [9.17, 15) is 0 Å². The van der Waals surface area contributed by atoms with E-state index in [-0.39, 0.29) is 9.80 Å². The number of hydrogen-bond acceptors (Lipinski definition) is 4. The van der Waals surface area contributed by atoms with Crippen LogP contribution >= 0.6 is 23.4 Å². The number of halogens is 1. The maximum atomic E-state index is 9.05. The van der Waals surface area contributed by atoms with Crippen molar-refractivity contribution in [1.29, 1.82) is 0 Å². The summed E-state index contributed by atoms with van der Waals surface area (Å²) >= 11 is 6.52. The molecule has 0 N–H and O–H groups in total. The number of rotatable bonds is 4. The quantitative estimate of drug-likeness (QED) is 0.750. The zero-order chi connectivity index (χ0) is 35.9. The lowest BCUT2D eigenvalue weighted by atomic mass is 10.2. The zero-order valence-electron chi connectivity index (χ0n) is 33.6. The van der Waals surface area contributed by atoms with Gasteiger partial charge in [0.25, 0.3) is 0 Å². The number of nitrogens with zero attached hydrogens (tertiary/aromatic N) is 3. The van der Waals surface area contributed by atoms with E-state index in [0.717, 1.165) is 0 Å². The van der Waals surface area contributed by atoms with Crippen LogP contribution in [0.2, 0.25) is 5.02 Å². The Kier molecular flexibility index (Phi) is 1.64. The summed E-state index contributed by atoms with van der Waals surface area (Å²) in [7, 11) is 0.682. The second kappa shape index (κ2) is 7.58. The number of fused-ring (bicyclic) bond motifs is 2. The molecule has 0 bridgehead atoms. The number of benzene rings is 2. The van der Waals surface area contributed by atoms with E-state index in [4.69, 9.17) is 40.4 Å². The first-order valence-corrected chi connectivity index (χ1v) is 8.03. The molecule has 25 heavy (non-hydrogen) atoms. The maximum absolute atomic E-state index is 9.05. The smallest absolute Gasteiger partial charge is 0.0661 e. The van der Waals surface area contributed by atoms with Crippen LogP contribution in [0.3, 0.4) is 0 Å². The van der Waals surface area contributed by atoms with Crippen molar-refractivity contribution in [3.63, 3.8) is 0 Å². The Balaban J connectivity index is 2.13. The van der Waals surface area contributed by atoms with Gasteiger partial charge in [-0.15, -0.1) is 0 Å². The standard InChI is InChI=1S/C20H24ClN3S/c1-22-11-13-23(14-12-22)9-4-10-24-17-5-2-3-6-19(17)25-20-8-7-16(21)15-18(20)24/h2-3,5-8,15H,4,9-14H2,1H3/i2D,3D,4D2,5D,6D,7D,8D,9D2,10D2,11D2,12D2,13D2,14D2,15D. The van der Waals surface area contributed by atoms with Gasteiger partial charge in [-0.3, -0.25) is 0 Å². The van der Waals surface area contributed by atoms with E-state index in [1.165, 1.54) is 0 Å². The van der Waals surface area contributed by atoms with Crippen LogP contribution in [-0.2, 0) is 0 Å². The fourth-order valence-corrected chi connectivity index (χ4v) is 2.97. The van der Waals surface area contributed by atoms with Crippen molar-refractivity contribution in [2.45, 2.75) is 16.2 Å². The Morgan fingerprint density at radius 1 is 1.08 bits per heavy atom. The van der Waals surface area contributed by atoms with Gasteiger partial charge in [0.2, 0.25) is 0 Å². The molecule has 0 radical (unpaired) electrons. The molecule has 1 saturated heterocycles. The first kappa shape index (κ1) is 5.41. The summed E-state index contributed by atoms with van der Waals surface area (Å²) in [5.74, 6) is 0. The van der Waals surface area contributed by atoms with Crippen molar-refractivity contribution >= 4 is 34.7 Å². The summed E-state index contributed by atoms with van der Waals surface area (Å²) in [5.41, 5.74) is -1.68. The molecule has 0 atom stereocenters. The lowest BCUT2D eigenvalue weighted by molar-refractivity contribution is 0.153. The third kappa shape index (κ3) is 3.82. The van der Waals surface area contributed by atoms with Gasteiger partial charge in [0.05, 0.1) is 21.0 Å². The molecular weight excluding hydrogens is 350 g/mol. The molecule has 5 heteroatoms. The zero-order valence-corrected chi connectivity index (χ0v) is 14.2. The second-order valence-electron chi connectivity index (χ2n) is 4.67. The average molecular weight is 395 g/mol. The highest BCUT2D eigenvalue weighted by Crippen LogP contribution is 2.48. The van der Waals surface area contributed by atoms with Crippen LogP contribution in [0.4, 0.5) is 11.4 Å². The molecule has 0 unspecified atom stereocenters. The molecule has 2 aliphatic heterocycles. The Bertz CT molecular complexity index is 1550. The van der Waals surface area contributed by atoms with Gasteiger partial charge in [-0.1, -0.05) is 35.4 Å². The third-order valence-corrected chi connectivity index (χ3v) is 4.20. The van der Waals surface area contributed by atoms with Crippen LogP contribution < -0.4 is 4.90 Å². The van der Waals surface area contributed by atoms with Gasteiger partial charge >= 0.3 is 0 Å². The fourth-order valence-electron chi connectivity index (χ4n) is 1.94. The van der Waals surface area contributed by atoms with Crippen molar-refractivity contribution < 1.29 is 28.8 Å². The molecule has 1 fully saturated rings. The van der Waals surface area contributed by atoms with Crippen LogP contribution in [-0.4, -0.2) is 55.8 Å². The highest BCUT2D eigenvalue weighted by molar-refractivity contribution is 7.99. The Hall–Kier alpha value is -1.20. The van der Waals surface area contributed by atoms with Gasteiger partial charge in [0, 0.05) is 66.5 Å². The molecule has 0 spiro atoms. The number of piperazine rings is 1. The summed E-state index contributed by atoms with van der Waals surface area (Å²) in [6, 6.07) is -6.06. The highest BCUT2D eigenvalue weighted by Gasteiger charge is 2.23. The van der Waals surface area contributed by atoms with Crippen molar-refractivity contribution in [3.05, 3.63) is 47.3 Å². The molecule has 0 saturated carbocycles. The Labute approximate surface area is 189 Å². The monoisotopic (exact) mass is 394 g/mol. The number of anilines is 2. The fraction of sp³-hybridized carbons (Fsp3) is 0.400. The molecule has 0 amide bonds. The van der Waals surface area contributed by atoms with Gasteiger partial charge in [-0.05, 0) is 50.1 Å². The summed E-state index contributed by atoms with van der Waals surface area (Å²) in [4.78, 5) is -1.60. The summed E-state index contributed by atoms with van der Waals surface area (Å²) < 4.78 is 178. The minimum atomic E-state index is -4.35. The van der Waals surface area contributed by atoms with Crippen LogP contribution in [0.1, 0.15) is 35.2 Å². The van der Waals surface area contributed by atoms with Gasteiger partial charge in [-0.2, -0.15) is 0 Å². The second-order valence-corrected chi connectivity index (χ2v) is 6.07.